The molecule has 74 heavy (non-hydrogen) atoms. The normalized spacial score (nSPS) is 20.7. The second-order valence-corrected chi connectivity index (χ2v) is 19.8. The molecule has 380 valence electrons. The van der Waals surface area contributed by atoms with Crippen molar-refractivity contribution in [2.45, 2.75) is 100 Å². The fourth-order valence-corrected chi connectivity index (χ4v) is 10.8. The first kappa shape index (κ1) is 50.7. The van der Waals surface area contributed by atoms with Crippen LogP contribution in [-0.2, 0) is 32.4 Å². The van der Waals surface area contributed by atoms with Gasteiger partial charge in [-0.2, -0.15) is 0 Å². The van der Waals surface area contributed by atoms with Gasteiger partial charge in [0.2, 0.25) is 11.8 Å². The molecule has 0 heterocycles. The summed E-state index contributed by atoms with van der Waals surface area (Å²) in [7, 11) is 0. The molecule has 4 atom stereocenters. The maximum Gasteiger partial charge on any atom is 0.330 e. The van der Waals surface area contributed by atoms with Gasteiger partial charge in [-0.25, -0.2) is 9.59 Å². The van der Waals surface area contributed by atoms with E-state index < -0.39 is 59.5 Å². The van der Waals surface area contributed by atoms with E-state index in [1.54, 1.807) is 72.8 Å². The van der Waals surface area contributed by atoms with Gasteiger partial charge in [-0.15, -0.1) is 0 Å². The SMILES string of the molecule is O=C(NC1(C(=O)O)CC(c2ccc(OCc3ccccc3)cc2)C(NC(=O)c2ccc(NC(=O)C3CCCC3)cc2)(C(=O)O)CC1c1ccc(OCc2ccccc2)cc1)c1ccc(NC(=O)C2CCCC2)cc1. The minimum Gasteiger partial charge on any atom is -0.489 e. The standard InChI is InChI=1S/C60H60N4O10/c65-53(43-15-7-8-16-43)61-47-27-19-45(20-28-47)55(67)63-59(57(69)70)36-52(42-25-33-50(34-26-42)74-38-40-13-5-2-6-14-40)60(58(71)72,35-51(59)41-23-31-49(32-24-41)73-37-39-11-3-1-4-12-39)64-56(68)46-21-29-48(30-22-46)62-54(66)44-17-9-10-18-44/h1-6,11-14,19-34,43-44,51-52H,7-10,15-18,35-38H2,(H,61,65)(H,62,66)(H,63,67)(H,64,68)(H,69,70)(H,71,72). The molecule has 9 rings (SSSR count). The van der Waals surface area contributed by atoms with Crippen LogP contribution in [0.3, 0.4) is 0 Å². The molecular weight excluding hydrogens is 937 g/mol. The van der Waals surface area contributed by atoms with Gasteiger partial charge >= 0.3 is 11.9 Å². The highest BCUT2D eigenvalue weighted by atomic mass is 16.5. The largest absolute Gasteiger partial charge is 0.489 e. The minimum atomic E-state index is -2.19. The van der Waals surface area contributed by atoms with Gasteiger partial charge in [0.05, 0.1) is 0 Å². The molecule has 3 aliphatic carbocycles. The summed E-state index contributed by atoms with van der Waals surface area (Å²) in [6, 6.07) is 44.7. The Kier molecular flexibility index (Phi) is 15.5. The number of carboxylic acids is 2. The summed E-state index contributed by atoms with van der Waals surface area (Å²) in [6.45, 7) is 0.503. The molecule has 14 heteroatoms. The molecule has 6 aromatic rings. The minimum absolute atomic E-state index is 0.0874. The Morgan fingerprint density at radius 2 is 0.784 bits per heavy atom. The van der Waals surface area contributed by atoms with Gasteiger partial charge in [0, 0.05) is 46.2 Å². The molecular formula is C60H60N4O10. The second kappa shape index (κ2) is 22.7. The van der Waals surface area contributed by atoms with Gasteiger partial charge in [0.1, 0.15) is 35.8 Å². The fourth-order valence-electron chi connectivity index (χ4n) is 10.8. The highest BCUT2D eigenvalue weighted by Gasteiger charge is 2.63. The first-order valence-corrected chi connectivity index (χ1v) is 25.4. The number of anilines is 2. The number of carboxylic acid groups (broad SMARTS) is 2. The highest BCUT2D eigenvalue weighted by Crippen LogP contribution is 2.53. The third-order valence-electron chi connectivity index (χ3n) is 15.0. The summed E-state index contributed by atoms with van der Waals surface area (Å²) in [5.41, 5.74) is -0.599. The van der Waals surface area contributed by atoms with Crippen molar-refractivity contribution >= 4 is 46.9 Å². The summed E-state index contributed by atoms with van der Waals surface area (Å²) < 4.78 is 12.2. The lowest BCUT2D eigenvalue weighted by Crippen LogP contribution is -2.70. The zero-order valence-electron chi connectivity index (χ0n) is 41.0. The summed E-state index contributed by atoms with van der Waals surface area (Å²) >= 11 is 0. The number of aliphatic carboxylic acids is 2. The monoisotopic (exact) mass is 996 g/mol. The number of amides is 4. The van der Waals surface area contributed by atoms with E-state index in [9.17, 15) is 39.0 Å². The maximum absolute atomic E-state index is 14.6. The van der Waals surface area contributed by atoms with Crippen LogP contribution < -0.4 is 30.7 Å². The van der Waals surface area contributed by atoms with Crippen LogP contribution in [0.5, 0.6) is 11.5 Å². The van der Waals surface area contributed by atoms with Gasteiger partial charge in [0.25, 0.3) is 11.8 Å². The van der Waals surface area contributed by atoms with Crippen molar-refractivity contribution in [3.63, 3.8) is 0 Å². The summed E-state index contributed by atoms with van der Waals surface area (Å²) in [5.74, 6) is -6.32. The Balaban J connectivity index is 1.08. The van der Waals surface area contributed by atoms with E-state index in [0.717, 1.165) is 62.5 Å². The molecule has 6 aromatic carbocycles. The van der Waals surface area contributed by atoms with Crippen molar-refractivity contribution < 1.29 is 48.5 Å². The Morgan fingerprint density at radius 3 is 1.11 bits per heavy atom. The van der Waals surface area contributed by atoms with Crippen molar-refractivity contribution in [2.24, 2.45) is 11.8 Å². The molecule has 0 spiro atoms. The summed E-state index contributed by atoms with van der Waals surface area (Å²) in [5, 5.41) is 35.0. The topological polar surface area (TPSA) is 209 Å². The third kappa shape index (κ3) is 11.5. The first-order valence-electron chi connectivity index (χ1n) is 25.4. The molecule has 4 amide bonds. The van der Waals surface area contributed by atoms with Crippen LogP contribution in [0.4, 0.5) is 11.4 Å². The number of carbonyl (C=O) groups is 6. The lowest BCUT2D eigenvalue weighted by atomic mass is 9.56. The summed E-state index contributed by atoms with van der Waals surface area (Å²) in [6.07, 6.45) is 6.19. The van der Waals surface area contributed by atoms with Crippen LogP contribution in [0.1, 0.15) is 119 Å². The van der Waals surface area contributed by atoms with E-state index in [2.05, 4.69) is 21.3 Å². The van der Waals surface area contributed by atoms with E-state index in [1.165, 1.54) is 24.3 Å². The van der Waals surface area contributed by atoms with Gasteiger partial charge < -0.3 is 41.0 Å². The lowest BCUT2D eigenvalue weighted by molar-refractivity contribution is -0.155. The zero-order chi connectivity index (χ0) is 51.7. The van der Waals surface area contributed by atoms with Gasteiger partial charge in [0.15, 0.2) is 0 Å². The molecule has 14 nitrogen and oxygen atoms in total. The number of nitrogens with one attached hydrogen (secondary N) is 4. The van der Waals surface area contributed by atoms with Gasteiger partial charge in [-0.05, 0) is 134 Å². The van der Waals surface area contributed by atoms with Gasteiger partial charge in [-0.1, -0.05) is 111 Å². The number of hydrogen-bond acceptors (Lipinski definition) is 8. The molecule has 0 radical (unpaired) electrons. The smallest absolute Gasteiger partial charge is 0.330 e. The first-order chi connectivity index (χ1) is 35.9. The average Bonchev–Trinajstić information content (AvgIpc) is 4.19. The van der Waals surface area contributed by atoms with Crippen LogP contribution >= 0.6 is 0 Å². The lowest BCUT2D eigenvalue weighted by Gasteiger charge is -2.52. The molecule has 0 bridgehead atoms. The fraction of sp³-hybridized carbons (Fsp3) is 0.300. The van der Waals surface area contributed by atoms with E-state index >= 15 is 0 Å². The van der Waals surface area contributed by atoms with Crippen LogP contribution in [0.15, 0.2) is 158 Å². The average molecular weight is 997 g/mol. The van der Waals surface area contributed by atoms with Crippen LogP contribution in [0.2, 0.25) is 0 Å². The summed E-state index contributed by atoms with van der Waals surface area (Å²) in [4.78, 5) is 83.8. The molecule has 4 unspecified atom stereocenters. The molecule has 0 aliphatic heterocycles. The van der Waals surface area contributed by atoms with Crippen molar-refractivity contribution in [1.82, 2.24) is 10.6 Å². The second-order valence-electron chi connectivity index (χ2n) is 19.8. The maximum atomic E-state index is 14.6. The number of carbonyl (C=O) groups excluding carboxylic acids is 4. The number of hydrogen-bond donors (Lipinski definition) is 6. The molecule has 0 saturated heterocycles. The number of ether oxygens (including phenoxy) is 2. The molecule has 0 aromatic heterocycles. The van der Waals surface area contributed by atoms with E-state index in [4.69, 9.17) is 9.47 Å². The molecule has 3 aliphatic rings. The van der Waals surface area contributed by atoms with Crippen LogP contribution in [0, 0.1) is 11.8 Å². The van der Waals surface area contributed by atoms with Crippen molar-refractivity contribution in [3.05, 3.63) is 191 Å². The van der Waals surface area contributed by atoms with Crippen molar-refractivity contribution in [1.29, 1.82) is 0 Å². The Bertz CT molecular complexity index is 2740. The van der Waals surface area contributed by atoms with E-state index in [0.29, 0.717) is 34.0 Å². The van der Waals surface area contributed by atoms with Crippen LogP contribution in [-0.4, -0.2) is 56.9 Å². The van der Waals surface area contributed by atoms with Crippen molar-refractivity contribution in [3.8, 4) is 11.5 Å². The molecule has 3 fully saturated rings. The zero-order valence-corrected chi connectivity index (χ0v) is 41.0. The molecule has 6 N–H and O–H groups in total. The van der Waals surface area contributed by atoms with E-state index in [1.807, 2.05) is 60.7 Å². The Hall–Kier alpha value is -8.26. The predicted octanol–water partition coefficient (Wildman–Crippen LogP) is 10.3. The Labute approximate surface area is 429 Å². The quantitative estimate of drug-likeness (QED) is 0.0480. The highest BCUT2D eigenvalue weighted by molar-refractivity contribution is 6.02. The third-order valence-corrected chi connectivity index (χ3v) is 15.0. The van der Waals surface area contributed by atoms with Crippen LogP contribution in [0.25, 0.3) is 0 Å². The molecule has 3 saturated carbocycles. The predicted molar refractivity (Wildman–Crippen MR) is 279 cm³/mol. The van der Waals surface area contributed by atoms with Gasteiger partial charge in [-0.3, -0.25) is 19.2 Å². The number of rotatable bonds is 18. The van der Waals surface area contributed by atoms with E-state index in [-0.39, 0.29) is 48.0 Å². The Morgan fingerprint density at radius 1 is 0.446 bits per heavy atom. The van der Waals surface area contributed by atoms with Crippen molar-refractivity contribution in [2.75, 3.05) is 10.6 Å². The number of benzene rings is 6.